The molecule has 0 aliphatic rings. The predicted molar refractivity (Wildman–Crippen MR) is 42.7 cm³/mol. The van der Waals surface area contributed by atoms with Crippen LogP contribution in [0.25, 0.3) is 0 Å². The molecule has 12 heavy (non-hydrogen) atoms. The Balaban J connectivity index is -0.0000000457. The second-order valence-corrected chi connectivity index (χ2v) is 2.69. The van der Waals surface area contributed by atoms with Gasteiger partial charge in [0.15, 0.2) is 0 Å². The van der Waals surface area contributed by atoms with E-state index in [0.717, 1.165) is 0 Å². The number of hydrogen-bond donors (Lipinski definition) is 4. The summed E-state index contributed by atoms with van der Waals surface area (Å²) in [5.41, 5.74) is 0. The van der Waals surface area contributed by atoms with Crippen LogP contribution in [0.3, 0.4) is 0 Å². The third kappa shape index (κ3) is 1240. The molecule has 68 valence electrons. The van der Waals surface area contributed by atoms with Crippen LogP contribution in [0, 0.1) is 0 Å². The summed E-state index contributed by atoms with van der Waals surface area (Å²) < 4.78 is 63.2. The van der Waals surface area contributed by atoms with E-state index < -0.39 is 20.8 Å². The van der Waals surface area contributed by atoms with Gasteiger partial charge in [-0.05, 0) is 0 Å². The zero-order valence-electron chi connectivity index (χ0n) is 4.24. The molecule has 0 saturated carbocycles. The van der Waals surface area contributed by atoms with Gasteiger partial charge in [0.05, 0.1) is 0 Å². The van der Waals surface area contributed by atoms with Gasteiger partial charge in [-0.3, -0.25) is 18.2 Å². The van der Waals surface area contributed by atoms with E-state index in [1.807, 2.05) is 0 Å². The SMILES string of the molecule is O=S(=O)(O)O.O=S(=O)(O)O.[LiH].[LiH]. The first-order chi connectivity index (χ1) is 4.00. The van der Waals surface area contributed by atoms with Gasteiger partial charge in [0, 0.05) is 0 Å². The minimum atomic E-state index is -4.67. The molecule has 0 aromatic heterocycles. The Bertz CT molecular complexity index is 211. The molecule has 0 amide bonds. The molecular formula is H6Li2O8S2. The maximum atomic E-state index is 8.74. The average molecular weight is 212 g/mol. The van der Waals surface area contributed by atoms with E-state index >= 15 is 0 Å². The van der Waals surface area contributed by atoms with Crippen LogP contribution in [0.5, 0.6) is 0 Å². The standard InChI is InChI=1S/2Li.2H2O4S.2H/c;;2*1-5(2,3)4;;/h;;2*(H2,1,2,3,4);;. The summed E-state index contributed by atoms with van der Waals surface area (Å²) in [7, 11) is -9.33. The van der Waals surface area contributed by atoms with Crippen molar-refractivity contribution in [1.29, 1.82) is 0 Å². The molecule has 0 aromatic carbocycles. The normalized spacial score (nSPS) is 9.67. The molecule has 0 saturated heterocycles. The van der Waals surface area contributed by atoms with E-state index in [2.05, 4.69) is 0 Å². The fraction of sp³-hybridized carbons (Fsp3) is 0. The fourth-order valence-electron chi connectivity index (χ4n) is 0. The summed E-state index contributed by atoms with van der Waals surface area (Å²) in [5.74, 6) is 0. The van der Waals surface area contributed by atoms with Crippen molar-refractivity contribution in [3.8, 4) is 0 Å². The molecule has 0 rings (SSSR count). The predicted octanol–water partition coefficient (Wildman–Crippen LogP) is -2.60. The molecule has 0 heterocycles. The van der Waals surface area contributed by atoms with Crippen LogP contribution in [-0.4, -0.2) is 72.8 Å². The van der Waals surface area contributed by atoms with Crippen LogP contribution >= 0.6 is 0 Å². The molecule has 0 bridgehead atoms. The summed E-state index contributed by atoms with van der Waals surface area (Å²) in [6, 6.07) is 0. The topological polar surface area (TPSA) is 149 Å². The van der Waals surface area contributed by atoms with Crippen LogP contribution in [0.2, 0.25) is 0 Å². The van der Waals surface area contributed by atoms with E-state index in [9.17, 15) is 0 Å². The molecular weight excluding hydrogens is 206 g/mol. The van der Waals surface area contributed by atoms with Gasteiger partial charge in [-0.1, -0.05) is 0 Å². The maximum absolute atomic E-state index is 8.74. The Hall–Kier alpha value is 0.935. The van der Waals surface area contributed by atoms with Crippen molar-refractivity contribution < 1.29 is 35.0 Å². The summed E-state index contributed by atoms with van der Waals surface area (Å²) in [6.07, 6.45) is 0. The summed E-state index contributed by atoms with van der Waals surface area (Å²) >= 11 is 0. The molecule has 0 fully saturated rings. The first-order valence-electron chi connectivity index (χ1n) is 1.40. The fourth-order valence-corrected chi connectivity index (χ4v) is 0. The molecule has 0 aliphatic carbocycles. The van der Waals surface area contributed by atoms with Gasteiger partial charge < -0.3 is 0 Å². The Morgan fingerprint density at radius 2 is 0.583 bits per heavy atom. The van der Waals surface area contributed by atoms with E-state index in [-0.39, 0.29) is 37.7 Å². The van der Waals surface area contributed by atoms with Crippen molar-refractivity contribution in [2.24, 2.45) is 0 Å². The molecule has 8 nitrogen and oxygen atoms in total. The van der Waals surface area contributed by atoms with Crippen LogP contribution in [0.15, 0.2) is 0 Å². The van der Waals surface area contributed by atoms with E-state index in [1.165, 1.54) is 0 Å². The van der Waals surface area contributed by atoms with Crippen molar-refractivity contribution in [3.63, 3.8) is 0 Å². The molecule has 0 aromatic rings. The van der Waals surface area contributed by atoms with Gasteiger partial charge in [-0.15, -0.1) is 0 Å². The monoisotopic (exact) mass is 212 g/mol. The second kappa shape index (κ2) is 8.53. The van der Waals surface area contributed by atoms with Crippen LogP contribution in [-0.2, 0) is 20.8 Å². The first kappa shape index (κ1) is 23.1. The van der Waals surface area contributed by atoms with Crippen molar-refractivity contribution in [1.82, 2.24) is 0 Å². The molecule has 0 radical (unpaired) electrons. The van der Waals surface area contributed by atoms with Crippen LogP contribution in [0.1, 0.15) is 0 Å². The average Bonchev–Trinajstić information content (AvgIpc) is 1.12. The Morgan fingerprint density at radius 1 is 0.583 bits per heavy atom. The zero-order chi connectivity index (χ0) is 9.00. The third-order valence-electron chi connectivity index (χ3n) is 0. The number of rotatable bonds is 0. The summed E-state index contributed by atoms with van der Waals surface area (Å²) in [5, 5.41) is 0. The molecule has 0 unspecified atom stereocenters. The van der Waals surface area contributed by atoms with Crippen LogP contribution < -0.4 is 0 Å². The third-order valence-corrected chi connectivity index (χ3v) is 0. The molecule has 12 heteroatoms. The molecule has 0 aliphatic heterocycles. The summed E-state index contributed by atoms with van der Waals surface area (Å²) in [6.45, 7) is 0. The van der Waals surface area contributed by atoms with Gasteiger partial charge in [-0.25, -0.2) is 0 Å². The van der Waals surface area contributed by atoms with Gasteiger partial charge in [0.1, 0.15) is 0 Å². The Morgan fingerprint density at radius 3 is 0.583 bits per heavy atom. The molecule has 0 spiro atoms. The Labute approximate surface area is 93.2 Å². The van der Waals surface area contributed by atoms with Crippen molar-refractivity contribution in [2.45, 2.75) is 0 Å². The van der Waals surface area contributed by atoms with Gasteiger partial charge in [0.2, 0.25) is 0 Å². The minimum absolute atomic E-state index is 0. The quantitative estimate of drug-likeness (QED) is 0.252. The Kier molecular flexibility index (Phi) is 16.4. The molecule has 4 N–H and O–H groups in total. The van der Waals surface area contributed by atoms with E-state index in [1.54, 1.807) is 0 Å². The first-order valence-corrected chi connectivity index (χ1v) is 4.19. The van der Waals surface area contributed by atoms with Gasteiger partial charge in [-0.2, -0.15) is 16.8 Å². The van der Waals surface area contributed by atoms with Crippen LogP contribution in [0.4, 0.5) is 0 Å². The second-order valence-electron chi connectivity index (χ2n) is 0.896. The van der Waals surface area contributed by atoms with Gasteiger partial charge in [0.25, 0.3) is 0 Å². The molecule has 0 atom stereocenters. The van der Waals surface area contributed by atoms with Crippen molar-refractivity contribution >= 4 is 58.5 Å². The number of hydrogen-bond acceptors (Lipinski definition) is 4. The van der Waals surface area contributed by atoms with Crippen molar-refractivity contribution in [2.75, 3.05) is 0 Å². The van der Waals surface area contributed by atoms with E-state index in [0.29, 0.717) is 0 Å². The van der Waals surface area contributed by atoms with Crippen molar-refractivity contribution in [3.05, 3.63) is 0 Å². The van der Waals surface area contributed by atoms with Gasteiger partial charge >= 0.3 is 58.5 Å². The zero-order valence-corrected chi connectivity index (χ0v) is 5.87. The van der Waals surface area contributed by atoms with E-state index in [4.69, 9.17) is 35.0 Å². The summed E-state index contributed by atoms with van der Waals surface area (Å²) in [4.78, 5) is 0.